The van der Waals surface area contributed by atoms with Gasteiger partial charge in [0.15, 0.2) is 9.84 Å². The molecule has 0 bridgehead atoms. The van der Waals surface area contributed by atoms with E-state index in [9.17, 15) is 13.2 Å². The third-order valence-corrected chi connectivity index (χ3v) is 3.93. The summed E-state index contributed by atoms with van der Waals surface area (Å²) in [5.41, 5.74) is 0.596. The molecule has 96 valence electrons. The number of amides is 1. The second kappa shape index (κ2) is 4.87. The number of rotatable bonds is 4. The van der Waals surface area contributed by atoms with E-state index in [0.717, 1.165) is 6.26 Å². The van der Waals surface area contributed by atoms with Gasteiger partial charge in [-0.3, -0.25) is 4.79 Å². The van der Waals surface area contributed by atoms with Gasteiger partial charge in [0.1, 0.15) is 16.7 Å². The number of aryl methyl sites for hydroxylation is 1. The Hall–Kier alpha value is -1.37. The van der Waals surface area contributed by atoms with E-state index in [2.05, 4.69) is 5.16 Å². The minimum atomic E-state index is -3.37. The van der Waals surface area contributed by atoms with Crippen LogP contribution in [0.5, 0.6) is 0 Å². The Labute approximate surface area is 100 Å². The number of aromatic nitrogens is 1. The van der Waals surface area contributed by atoms with E-state index in [-0.39, 0.29) is 6.54 Å². The van der Waals surface area contributed by atoms with Crippen molar-refractivity contribution in [1.29, 1.82) is 0 Å². The highest BCUT2D eigenvalue weighted by molar-refractivity contribution is 7.92. The van der Waals surface area contributed by atoms with Crippen LogP contribution in [0.1, 0.15) is 18.4 Å². The second-order valence-corrected chi connectivity index (χ2v) is 6.46. The Morgan fingerprint density at radius 3 is 2.59 bits per heavy atom. The van der Waals surface area contributed by atoms with Crippen LogP contribution in [-0.2, 0) is 21.2 Å². The predicted octanol–water partition coefficient (Wildman–Crippen LogP) is 0.375. The molecule has 17 heavy (non-hydrogen) atoms. The third-order valence-electron chi connectivity index (χ3n) is 2.44. The summed E-state index contributed by atoms with van der Waals surface area (Å²) in [7, 11) is -1.83. The molecule has 0 saturated heterocycles. The highest BCUT2D eigenvalue weighted by atomic mass is 32.2. The third kappa shape index (κ3) is 3.55. The maximum absolute atomic E-state index is 11.8. The van der Waals surface area contributed by atoms with Gasteiger partial charge in [-0.05, 0) is 13.8 Å². The van der Waals surface area contributed by atoms with Crippen molar-refractivity contribution in [2.24, 2.45) is 0 Å². The molecule has 0 aromatic carbocycles. The second-order valence-electron chi connectivity index (χ2n) is 4.09. The van der Waals surface area contributed by atoms with Crippen molar-refractivity contribution in [3.63, 3.8) is 0 Å². The summed E-state index contributed by atoms with van der Waals surface area (Å²) in [5, 5.41) is 2.70. The molecule has 1 atom stereocenters. The van der Waals surface area contributed by atoms with E-state index in [1.165, 1.54) is 18.9 Å². The largest absolute Gasteiger partial charge is 0.361 e. The maximum Gasteiger partial charge on any atom is 0.240 e. The Morgan fingerprint density at radius 2 is 2.18 bits per heavy atom. The number of carbonyl (C=O) groups excluding carboxylic acids is 1. The van der Waals surface area contributed by atoms with Gasteiger partial charge in [-0.15, -0.1) is 0 Å². The smallest absolute Gasteiger partial charge is 0.240 e. The maximum atomic E-state index is 11.8. The first-order chi connectivity index (χ1) is 7.71. The summed E-state index contributed by atoms with van der Waals surface area (Å²) < 4.78 is 27.4. The fourth-order valence-electron chi connectivity index (χ4n) is 1.31. The van der Waals surface area contributed by atoms with Crippen molar-refractivity contribution >= 4 is 15.7 Å². The van der Waals surface area contributed by atoms with Crippen LogP contribution in [0.2, 0.25) is 0 Å². The molecular formula is C10H16N2O4S. The molecule has 0 N–H and O–H groups in total. The number of sulfone groups is 1. The Bertz CT molecular complexity index is 506. The van der Waals surface area contributed by atoms with Crippen molar-refractivity contribution in [3.05, 3.63) is 17.5 Å². The van der Waals surface area contributed by atoms with E-state index in [0.29, 0.717) is 11.5 Å². The summed E-state index contributed by atoms with van der Waals surface area (Å²) >= 11 is 0. The Morgan fingerprint density at radius 1 is 1.59 bits per heavy atom. The molecule has 1 heterocycles. The number of hydrogen-bond donors (Lipinski definition) is 0. The fourth-order valence-corrected chi connectivity index (χ4v) is 1.85. The van der Waals surface area contributed by atoms with Gasteiger partial charge in [-0.1, -0.05) is 5.16 Å². The molecule has 0 fully saturated rings. The van der Waals surface area contributed by atoms with Crippen LogP contribution >= 0.6 is 0 Å². The first kappa shape index (κ1) is 13.7. The van der Waals surface area contributed by atoms with Crippen molar-refractivity contribution < 1.29 is 17.7 Å². The summed E-state index contributed by atoms with van der Waals surface area (Å²) in [6.45, 7) is 3.36. The molecule has 1 aromatic heterocycles. The molecule has 1 rings (SSSR count). The molecule has 0 radical (unpaired) electrons. The SMILES string of the molecule is Cc1cc(CN(C)C(=O)C(C)S(C)(=O)=O)no1. The van der Waals surface area contributed by atoms with Crippen LogP contribution in [0.15, 0.2) is 10.6 Å². The minimum absolute atomic E-state index is 0.232. The lowest BCUT2D eigenvalue weighted by atomic mass is 10.3. The Kier molecular flexibility index (Phi) is 3.92. The number of nitrogens with zero attached hydrogens (tertiary/aromatic N) is 2. The van der Waals surface area contributed by atoms with Crippen molar-refractivity contribution in [2.45, 2.75) is 25.6 Å². The zero-order valence-corrected chi connectivity index (χ0v) is 11.1. The van der Waals surface area contributed by atoms with Crippen molar-refractivity contribution in [3.8, 4) is 0 Å². The monoisotopic (exact) mass is 260 g/mol. The molecule has 6 nitrogen and oxygen atoms in total. The molecule has 7 heteroatoms. The summed E-state index contributed by atoms with van der Waals surface area (Å²) in [6.07, 6.45) is 1.05. The zero-order chi connectivity index (χ0) is 13.2. The van der Waals surface area contributed by atoms with Crippen LogP contribution < -0.4 is 0 Å². The van der Waals surface area contributed by atoms with E-state index in [1.54, 1.807) is 13.0 Å². The molecule has 0 saturated carbocycles. The number of carbonyl (C=O) groups is 1. The van der Waals surface area contributed by atoms with Gasteiger partial charge >= 0.3 is 0 Å². The van der Waals surface area contributed by atoms with E-state index < -0.39 is 21.0 Å². The molecule has 1 amide bonds. The fraction of sp³-hybridized carbons (Fsp3) is 0.600. The predicted molar refractivity (Wildman–Crippen MR) is 62.0 cm³/mol. The molecule has 0 aliphatic heterocycles. The molecule has 0 spiro atoms. The quantitative estimate of drug-likeness (QED) is 0.781. The molecule has 0 aliphatic rings. The van der Waals surface area contributed by atoms with Gasteiger partial charge in [0.25, 0.3) is 0 Å². The number of hydrogen-bond acceptors (Lipinski definition) is 5. The molecule has 1 aromatic rings. The zero-order valence-electron chi connectivity index (χ0n) is 10.3. The van der Waals surface area contributed by atoms with Gasteiger partial charge in [-0.25, -0.2) is 8.42 Å². The minimum Gasteiger partial charge on any atom is -0.361 e. The highest BCUT2D eigenvalue weighted by Gasteiger charge is 2.26. The van der Waals surface area contributed by atoms with Crippen LogP contribution in [0.25, 0.3) is 0 Å². The average molecular weight is 260 g/mol. The van der Waals surface area contributed by atoms with Crippen LogP contribution in [-0.4, -0.2) is 42.9 Å². The van der Waals surface area contributed by atoms with Crippen LogP contribution in [0, 0.1) is 6.92 Å². The van der Waals surface area contributed by atoms with E-state index in [4.69, 9.17) is 4.52 Å². The Balaban J connectivity index is 2.71. The first-order valence-corrected chi connectivity index (χ1v) is 7.03. The first-order valence-electron chi connectivity index (χ1n) is 5.08. The van der Waals surface area contributed by atoms with Crippen molar-refractivity contribution in [2.75, 3.05) is 13.3 Å². The normalized spacial score (nSPS) is 13.4. The van der Waals surface area contributed by atoms with E-state index in [1.807, 2.05) is 0 Å². The lowest BCUT2D eigenvalue weighted by molar-refractivity contribution is -0.129. The topological polar surface area (TPSA) is 80.5 Å². The van der Waals surface area contributed by atoms with Gasteiger partial charge in [-0.2, -0.15) is 0 Å². The molecule has 1 unspecified atom stereocenters. The van der Waals surface area contributed by atoms with Gasteiger partial charge in [0.05, 0.1) is 6.54 Å². The lowest BCUT2D eigenvalue weighted by Crippen LogP contribution is -2.38. The lowest BCUT2D eigenvalue weighted by Gasteiger charge is -2.19. The van der Waals surface area contributed by atoms with Crippen LogP contribution in [0.3, 0.4) is 0 Å². The molecule has 0 aliphatic carbocycles. The van der Waals surface area contributed by atoms with Crippen LogP contribution in [0.4, 0.5) is 0 Å². The summed E-state index contributed by atoms with van der Waals surface area (Å²) in [4.78, 5) is 13.1. The highest BCUT2D eigenvalue weighted by Crippen LogP contribution is 2.08. The standard InChI is InChI=1S/C10H16N2O4S/c1-7-5-9(11-16-7)6-12(3)10(13)8(2)17(4,14)15/h5,8H,6H2,1-4H3. The average Bonchev–Trinajstić information content (AvgIpc) is 2.60. The molecular weight excluding hydrogens is 244 g/mol. The van der Waals surface area contributed by atoms with E-state index >= 15 is 0 Å². The summed E-state index contributed by atoms with van der Waals surface area (Å²) in [6, 6.07) is 1.70. The van der Waals surface area contributed by atoms with Gasteiger partial charge in [0.2, 0.25) is 5.91 Å². The van der Waals surface area contributed by atoms with Gasteiger partial charge in [0, 0.05) is 19.4 Å². The summed E-state index contributed by atoms with van der Waals surface area (Å²) in [5.74, 6) is 0.199. The van der Waals surface area contributed by atoms with Crippen molar-refractivity contribution in [1.82, 2.24) is 10.1 Å². The van der Waals surface area contributed by atoms with Gasteiger partial charge < -0.3 is 9.42 Å².